The molecule has 1 aromatic rings. The van der Waals surface area contributed by atoms with Crippen LogP contribution >= 0.6 is 0 Å². The first-order valence-electron chi connectivity index (χ1n) is 4.22. The predicted molar refractivity (Wildman–Crippen MR) is 58.6 cm³/mol. The quantitative estimate of drug-likeness (QED) is 0.653. The average Bonchev–Trinajstić information content (AvgIpc) is 2.16. The zero-order valence-corrected chi connectivity index (χ0v) is 7.95. The molecule has 0 aliphatic heterocycles. The summed E-state index contributed by atoms with van der Waals surface area (Å²) in [5.74, 6) is -6.05. The first-order chi connectivity index (χ1) is 7.43. The molecule has 86 valence electrons. The van der Waals surface area contributed by atoms with E-state index in [4.69, 9.17) is 15.3 Å². The second-order valence-corrected chi connectivity index (χ2v) is 3.04. The fraction of sp³-hybridized carbons (Fsp3) is 0.100. The molecule has 3 N–H and O–H groups in total. The van der Waals surface area contributed by atoms with Gasteiger partial charge in [0.25, 0.3) is 0 Å². The molecule has 0 radical (unpaired) electrons. The SMILES string of the molecule is O=C(O)c1cccc(C(C(=O)O)C(=O)O)c1.[CsH]. The summed E-state index contributed by atoms with van der Waals surface area (Å²) in [5.41, 5.74) is -0.218. The van der Waals surface area contributed by atoms with E-state index in [0.29, 0.717) is 0 Å². The van der Waals surface area contributed by atoms with Crippen LogP contribution in [0, 0.1) is 0 Å². The minimum atomic E-state index is -1.75. The molecule has 0 saturated heterocycles. The number of aromatic carboxylic acids is 1. The van der Waals surface area contributed by atoms with Crippen molar-refractivity contribution in [2.45, 2.75) is 5.92 Å². The second-order valence-electron chi connectivity index (χ2n) is 3.04. The fourth-order valence-corrected chi connectivity index (χ4v) is 1.24. The molecule has 6 nitrogen and oxygen atoms in total. The Kier molecular flexibility index (Phi) is 7.06. The molecule has 0 aliphatic carbocycles. The molecule has 7 heteroatoms. The van der Waals surface area contributed by atoms with Gasteiger partial charge in [0.15, 0.2) is 5.92 Å². The van der Waals surface area contributed by atoms with Crippen molar-refractivity contribution < 1.29 is 29.7 Å². The molecule has 0 unspecified atom stereocenters. The molecule has 0 aromatic heterocycles. The van der Waals surface area contributed by atoms with E-state index in [-0.39, 0.29) is 80.0 Å². The maximum atomic E-state index is 10.7. The monoisotopic (exact) mass is 358 g/mol. The van der Waals surface area contributed by atoms with Gasteiger partial charge in [-0.05, 0) is 17.7 Å². The van der Waals surface area contributed by atoms with E-state index < -0.39 is 23.8 Å². The molecule has 0 heterocycles. The van der Waals surface area contributed by atoms with E-state index in [0.717, 1.165) is 6.07 Å². The van der Waals surface area contributed by atoms with Crippen LogP contribution < -0.4 is 0 Å². The summed E-state index contributed by atoms with van der Waals surface area (Å²) in [6.07, 6.45) is 0. The van der Waals surface area contributed by atoms with Gasteiger partial charge in [-0.2, -0.15) is 0 Å². The molecule has 0 spiro atoms. The van der Waals surface area contributed by atoms with Crippen LogP contribution in [-0.4, -0.2) is 102 Å². The topological polar surface area (TPSA) is 112 Å². The summed E-state index contributed by atoms with van der Waals surface area (Å²) in [5, 5.41) is 26.1. The van der Waals surface area contributed by atoms with Crippen molar-refractivity contribution in [3.63, 3.8) is 0 Å². The summed E-state index contributed by atoms with van der Waals surface area (Å²) in [7, 11) is 0. The molecule has 0 saturated carbocycles. The van der Waals surface area contributed by atoms with E-state index in [1.807, 2.05) is 0 Å². The summed E-state index contributed by atoms with van der Waals surface area (Å²) in [6, 6.07) is 4.86. The average molecular weight is 358 g/mol. The molecule has 1 rings (SSSR count). The van der Waals surface area contributed by atoms with Gasteiger partial charge in [0.05, 0.1) is 5.56 Å². The van der Waals surface area contributed by atoms with Crippen LogP contribution in [0.3, 0.4) is 0 Å². The molecule has 0 aliphatic rings. The Bertz CT molecular complexity index is 442. The minimum absolute atomic E-state index is 0. The predicted octanol–water partition coefficient (Wildman–Crippen LogP) is -0.0109. The van der Waals surface area contributed by atoms with Crippen LogP contribution in [0.1, 0.15) is 21.8 Å². The summed E-state index contributed by atoms with van der Waals surface area (Å²) in [6.45, 7) is 0. The molecule has 17 heavy (non-hydrogen) atoms. The number of hydrogen-bond donors (Lipinski definition) is 3. The number of carboxylic acid groups (broad SMARTS) is 3. The molecule has 0 bridgehead atoms. The summed E-state index contributed by atoms with van der Waals surface area (Å²) >= 11 is 0. The van der Waals surface area contributed by atoms with E-state index in [2.05, 4.69) is 0 Å². The Balaban J connectivity index is 0.00000256. The first kappa shape index (κ1) is 16.7. The summed E-state index contributed by atoms with van der Waals surface area (Å²) < 4.78 is 0. The van der Waals surface area contributed by atoms with Gasteiger partial charge in [0.1, 0.15) is 0 Å². The van der Waals surface area contributed by atoms with Gasteiger partial charge in [0.2, 0.25) is 0 Å². The number of aliphatic carboxylic acids is 2. The third kappa shape index (κ3) is 4.45. The third-order valence-electron chi connectivity index (χ3n) is 1.96. The second kappa shape index (κ2) is 7.19. The van der Waals surface area contributed by atoms with Crippen molar-refractivity contribution in [2.75, 3.05) is 0 Å². The Morgan fingerprint density at radius 3 is 1.94 bits per heavy atom. The van der Waals surface area contributed by atoms with E-state index >= 15 is 0 Å². The molecule has 0 amide bonds. The van der Waals surface area contributed by atoms with Crippen molar-refractivity contribution in [2.24, 2.45) is 0 Å². The van der Waals surface area contributed by atoms with Crippen LogP contribution in [0.15, 0.2) is 24.3 Å². The Labute approximate surface area is 155 Å². The number of rotatable bonds is 4. The normalized spacial score (nSPS) is 9.47. The van der Waals surface area contributed by atoms with Crippen molar-refractivity contribution >= 4 is 86.8 Å². The van der Waals surface area contributed by atoms with E-state index in [9.17, 15) is 14.4 Å². The van der Waals surface area contributed by atoms with Crippen molar-refractivity contribution in [1.82, 2.24) is 0 Å². The number of carboxylic acids is 3. The van der Waals surface area contributed by atoms with Gasteiger partial charge in [0, 0.05) is 0 Å². The van der Waals surface area contributed by atoms with Crippen LogP contribution in [0.5, 0.6) is 0 Å². The van der Waals surface area contributed by atoms with Gasteiger partial charge in [-0.15, -0.1) is 0 Å². The van der Waals surface area contributed by atoms with Gasteiger partial charge in [-0.25, -0.2) is 4.79 Å². The number of hydrogen-bond acceptors (Lipinski definition) is 3. The van der Waals surface area contributed by atoms with E-state index in [1.54, 1.807) is 0 Å². The van der Waals surface area contributed by atoms with Crippen LogP contribution in [0.2, 0.25) is 0 Å². The number of benzene rings is 1. The third-order valence-corrected chi connectivity index (χ3v) is 1.96. The van der Waals surface area contributed by atoms with Gasteiger partial charge >= 0.3 is 86.8 Å². The van der Waals surface area contributed by atoms with Crippen LogP contribution in [0.4, 0.5) is 0 Å². The molecular weight excluding hydrogens is 349 g/mol. The zero-order valence-electron chi connectivity index (χ0n) is 7.95. The Hall–Kier alpha value is -0.318. The van der Waals surface area contributed by atoms with Gasteiger partial charge in [-0.1, -0.05) is 12.1 Å². The molecule has 0 fully saturated rings. The van der Waals surface area contributed by atoms with E-state index in [1.165, 1.54) is 18.2 Å². The van der Waals surface area contributed by atoms with Crippen LogP contribution in [0.25, 0.3) is 0 Å². The van der Waals surface area contributed by atoms with Crippen molar-refractivity contribution in [3.05, 3.63) is 35.4 Å². The van der Waals surface area contributed by atoms with Crippen molar-refractivity contribution in [3.8, 4) is 0 Å². The maximum absolute atomic E-state index is 10.7. The standard InChI is InChI=1S/C10H8O6.Cs.H/c11-8(12)6-3-1-2-5(4-6)7(9(13)14)10(15)16;;/h1-4,7H,(H,11,12)(H,13,14)(H,15,16);;. The van der Waals surface area contributed by atoms with Crippen molar-refractivity contribution in [1.29, 1.82) is 0 Å². The fourth-order valence-electron chi connectivity index (χ4n) is 1.24. The first-order valence-corrected chi connectivity index (χ1v) is 4.22. The van der Waals surface area contributed by atoms with Crippen LogP contribution in [-0.2, 0) is 9.59 Å². The van der Waals surface area contributed by atoms with Gasteiger partial charge in [-0.3, -0.25) is 9.59 Å². The molecule has 1 aromatic carbocycles. The summed E-state index contributed by atoms with van der Waals surface area (Å²) in [4.78, 5) is 32.0. The molecule has 0 atom stereocenters. The Morgan fingerprint density at radius 1 is 1.00 bits per heavy atom. The molecular formula is C10H9CsO6. The number of carbonyl (C=O) groups is 3. The van der Waals surface area contributed by atoms with Gasteiger partial charge < -0.3 is 15.3 Å². The Morgan fingerprint density at radius 2 is 1.53 bits per heavy atom. The zero-order chi connectivity index (χ0) is 12.3.